The summed E-state index contributed by atoms with van der Waals surface area (Å²) in [6.45, 7) is 0. The third-order valence-corrected chi connectivity index (χ3v) is 2.16. The topological polar surface area (TPSA) is 50.2 Å². The molecular formula is C12H8FNO2. The number of carbonyl (C=O) groups is 1. The number of nitrogens with zero attached hydrogens (tertiary/aromatic N) is 1. The zero-order chi connectivity index (χ0) is 11.5. The summed E-state index contributed by atoms with van der Waals surface area (Å²) in [7, 11) is 0. The van der Waals surface area contributed by atoms with Crippen LogP contribution in [0, 0.1) is 5.82 Å². The Bertz CT molecular complexity index is 506. The Morgan fingerprint density at radius 2 is 1.69 bits per heavy atom. The predicted octanol–water partition coefficient (Wildman–Crippen LogP) is 2.59. The van der Waals surface area contributed by atoms with Gasteiger partial charge in [0.25, 0.3) is 0 Å². The lowest BCUT2D eigenvalue weighted by molar-refractivity contribution is 0.0690. The summed E-state index contributed by atoms with van der Waals surface area (Å²) in [6.07, 6.45) is 1.46. The Morgan fingerprint density at radius 3 is 2.19 bits per heavy atom. The number of hydrogen-bond acceptors (Lipinski definition) is 2. The lowest BCUT2D eigenvalue weighted by atomic mass is 10.1. The minimum atomic E-state index is -1.06. The van der Waals surface area contributed by atoms with Crippen LogP contribution in [0.5, 0.6) is 0 Å². The minimum Gasteiger partial charge on any atom is -0.477 e. The van der Waals surface area contributed by atoms with Gasteiger partial charge in [0, 0.05) is 11.8 Å². The van der Waals surface area contributed by atoms with Gasteiger partial charge in [-0.25, -0.2) is 14.2 Å². The summed E-state index contributed by atoms with van der Waals surface area (Å²) >= 11 is 0. The highest BCUT2D eigenvalue weighted by Crippen LogP contribution is 2.18. The van der Waals surface area contributed by atoms with Crippen LogP contribution in [0.2, 0.25) is 0 Å². The van der Waals surface area contributed by atoms with E-state index in [1.165, 1.54) is 24.4 Å². The molecule has 1 aromatic heterocycles. The molecule has 80 valence electrons. The van der Waals surface area contributed by atoms with Gasteiger partial charge in [-0.1, -0.05) is 18.2 Å². The number of pyridine rings is 1. The van der Waals surface area contributed by atoms with E-state index in [2.05, 4.69) is 4.98 Å². The van der Waals surface area contributed by atoms with Crippen molar-refractivity contribution in [2.24, 2.45) is 0 Å². The fourth-order valence-corrected chi connectivity index (χ4v) is 1.33. The molecule has 0 bridgehead atoms. The van der Waals surface area contributed by atoms with Crippen molar-refractivity contribution < 1.29 is 14.3 Å². The summed E-state index contributed by atoms with van der Waals surface area (Å²) in [4.78, 5) is 14.4. The van der Waals surface area contributed by atoms with Crippen molar-refractivity contribution in [1.82, 2.24) is 4.98 Å². The second kappa shape index (κ2) is 4.10. The largest absolute Gasteiger partial charge is 0.477 e. The Morgan fingerprint density at radius 1 is 1.06 bits per heavy atom. The molecule has 0 saturated heterocycles. The van der Waals surface area contributed by atoms with Crippen LogP contribution in [-0.4, -0.2) is 16.1 Å². The SMILES string of the molecule is O=C(O)c1ccc(-c2ccc(F)cc2)cn1. The first-order valence-electron chi connectivity index (χ1n) is 4.62. The summed E-state index contributed by atoms with van der Waals surface area (Å²) in [5.74, 6) is -1.37. The fourth-order valence-electron chi connectivity index (χ4n) is 1.33. The van der Waals surface area contributed by atoms with Gasteiger partial charge in [-0.15, -0.1) is 0 Å². The molecule has 1 heterocycles. The van der Waals surface area contributed by atoms with Crippen LogP contribution in [0.1, 0.15) is 10.5 Å². The highest BCUT2D eigenvalue weighted by atomic mass is 19.1. The lowest BCUT2D eigenvalue weighted by Crippen LogP contribution is -1.99. The van der Waals surface area contributed by atoms with Gasteiger partial charge in [-0.05, 0) is 23.8 Å². The van der Waals surface area contributed by atoms with Crippen molar-refractivity contribution in [3.05, 3.63) is 54.1 Å². The van der Waals surface area contributed by atoms with E-state index < -0.39 is 5.97 Å². The molecule has 4 heteroatoms. The Hall–Kier alpha value is -2.23. The van der Waals surface area contributed by atoms with E-state index >= 15 is 0 Å². The molecule has 1 N–H and O–H groups in total. The van der Waals surface area contributed by atoms with Crippen LogP contribution in [0.15, 0.2) is 42.6 Å². The maximum absolute atomic E-state index is 12.7. The average Bonchev–Trinajstić information content (AvgIpc) is 2.30. The van der Waals surface area contributed by atoms with Gasteiger partial charge in [-0.2, -0.15) is 0 Å². The first-order chi connectivity index (χ1) is 7.66. The molecule has 2 rings (SSSR count). The molecule has 0 fully saturated rings. The summed E-state index contributed by atoms with van der Waals surface area (Å²) in [5.41, 5.74) is 1.54. The highest BCUT2D eigenvalue weighted by molar-refractivity contribution is 5.85. The van der Waals surface area contributed by atoms with Crippen molar-refractivity contribution in [3.63, 3.8) is 0 Å². The monoisotopic (exact) mass is 217 g/mol. The number of halogens is 1. The fraction of sp³-hybridized carbons (Fsp3) is 0. The third-order valence-electron chi connectivity index (χ3n) is 2.16. The zero-order valence-electron chi connectivity index (χ0n) is 8.22. The van der Waals surface area contributed by atoms with Crippen LogP contribution in [0.3, 0.4) is 0 Å². The molecule has 0 aliphatic rings. The lowest BCUT2D eigenvalue weighted by Gasteiger charge is -2.01. The number of aromatic nitrogens is 1. The standard InChI is InChI=1S/C12H8FNO2/c13-10-4-1-8(2-5-10)9-3-6-11(12(15)16)14-7-9/h1-7H,(H,15,16). The number of hydrogen-bond donors (Lipinski definition) is 1. The molecule has 0 aliphatic heterocycles. The van der Waals surface area contributed by atoms with Crippen LogP contribution in [0.4, 0.5) is 4.39 Å². The van der Waals surface area contributed by atoms with Crippen molar-refractivity contribution in [2.45, 2.75) is 0 Å². The van der Waals surface area contributed by atoms with E-state index in [1.54, 1.807) is 18.2 Å². The first-order valence-corrected chi connectivity index (χ1v) is 4.62. The molecule has 0 aliphatic carbocycles. The molecule has 0 radical (unpaired) electrons. The quantitative estimate of drug-likeness (QED) is 0.841. The highest BCUT2D eigenvalue weighted by Gasteiger charge is 2.04. The average molecular weight is 217 g/mol. The molecule has 0 saturated carbocycles. The van der Waals surface area contributed by atoms with E-state index in [-0.39, 0.29) is 11.5 Å². The van der Waals surface area contributed by atoms with Crippen molar-refractivity contribution in [2.75, 3.05) is 0 Å². The maximum Gasteiger partial charge on any atom is 0.354 e. The number of carboxylic acids is 1. The van der Waals surface area contributed by atoms with Gasteiger partial charge >= 0.3 is 5.97 Å². The van der Waals surface area contributed by atoms with Gasteiger partial charge in [0.15, 0.2) is 0 Å². The molecule has 3 nitrogen and oxygen atoms in total. The summed E-state index contributed by atoms with van der Waals surface area (Å²) in [6, 6.07) is 8.99. The van der Waals surface area contributed by atoms with Crippen molar-refractivity contribution in [3.8, 4) is 11.1 Å². The third kappa shape index (κ3) is 2.06. The zero-order valence-corrected chi connectivity index (χ0v) is 8.22. The van der Waals surface area contributed by atoms with Gasteiger partial charge in [-0.3, -0.25) is 0 Å². The van der Waals surface area contributed by atoms with Gasteiger partial charge < -0.3 is 5.11 Å². The smallest absolute Gasteiger partial charge is 0.354 e. The Kier molecular flexibility index (Phi) is 2.64. The van der Waals surface area contributed by atoms with Crippen LogP contribution >= 0.6 is 0 Å². The van der Waals surface area contributed by atoms with Gasteiger partial charge in [0.2, 0.25) is 0 Å². The Labute approximate surface area is 91.2 Å². The van der Waals surface area contributed by atoms with E-state index in [0.717, 1.165) is 11.1 Å². The maximum atomic E-state index is 12.7. The second-order valence-corrected chi connectivity index (χ2v) is 3.24. The summed E-state index contributed by atoms with van der Waals surface area (Å²) < 4.78 is 12.7. The number of benzene rings is 1. The predicted molar refractivity (Wildman–Crippen MR) is 56.6 cm³/mol. The van der Waals surface area contributed by atoms with Crippen molar-refractivity contribution in [1.29, 1.82) is 0 Å². The minimum absolute atomic E-state index is 0.00846. The first kappa shape index (κ1) is 10.3. The Balaban J connectivity index is 2.34. The molecule has 0 unspecified atom stereocenters. The molecule has 0 atom stereocenters. The van der Waals surface area contributed by atoms with Crippen LogP contribution < -0.4 is 0 Å². The van der Waals surface area contributed by atoms with Gasteiger partial charge in [0.1, 0.15) is 11.5 Å². The van der Waals surface area contributed by atoms with E-state index in [1.807, 2.05) is 0 Å². The second-order valence-electron chi connectivity index (χ2n) is 3.24. The van der Waals surface area contributed by atoms with Crippen molar-refractivity contribution >= 4 is 5.97 Å². The molecular weight excluding hydrogens is 209 g/mol. The molecule has 0 spiro atoms. The molecule has 2 aromatic rings. The summed E-state index contributed by atoms with van der Waals surface area (Å²) in [5, 5.41) is 8.67. The van der Waals surface area contributed by atoms with E-state index in [0.29, 0.717) is 0 Å². The number of carboxylic acid groups (broad SMARTS) is 1. The molecule has 0 amide bonds. The van der Waals surface area contributed by atoms with Crippen LogP contribution in [0.25, 0.3) is 11.1 Å². The molecule has 1 aromatic carbocycles. The van der Waals surface area contributed by atoms with Crippen LogP contribution in [-0.2, 0) is 0 Å². The normalized spacial score (nSPS) is 10.1. The van der Waals surface area contributed by atoms with E-state index in [9.17, 15) is 9.18 Å². The molecule has 16 heavy (non-hydrogen) atoms. The number of rotatable bonds is 2. The number of aromatic carboxylic acids is 1. The van der Waals surface area contributed by atoms with E-state index in [4.69, 9.17) is 5.11 Å². The van der Waals surface area contributed by atoms with Gasteiger partial charge in [0.05, 0.1) is 0 Å².